The third-order valence-corrected chi connectivity index (χ3v) is 7.10. The molecule has 1 saturated heterocycles. The minimum absolute atomic E-state index is 0.0376. The van der Waals surface area contributed by atoms with Crippen molar-refractivity contribution in [2.45, 2.75) is 17.9 Å². The number of thioether (sulfide) groups is 1. The van der Waals surface area contributed by atoms with Gasteiger partial charge in [0, 0.05) is 17.3 Å². The molecule has 2 aromatic rings. The number of rotatable bonds is 4. The number of hydrazine groups is 1. The van der Waals surface area contributed by atoms with Gasteiger partial charge >= 0.3 is 0 Å². The standard InChI is InChI=1S/C19H14Cl3N3O4S/c1-9(29-15-7-12(21)11(20)6-13(15)22)17(27)24-25-16(26)8-30-19(25)10-4-2-3-5-14(10)23-18(19)28/h2-7,9H,8H2,1H3,(H,23,28)(H,24,27). The van der Waals surface area contributed by atoms with Gasteiger partial charge in [-0.25, -0.2) is 5.01 Å². The van der Waals surface area contributed by atoms with Crippen molar-refractivity contribution in [2.24, 2.45) is 0 Å². The molecule has 2 unspecified atom stereocenters. The van der Waals surface area contributed by atoms with Gasteiger partial charge in [-0.2, -0.15) is 0 Å². The van der Waals surface area contributed by atoms with E-state index < -0.39 is 28.7 Å². The Labute approximate surface area is 190 Å². The van der Waals surface area contributed by atoms with E-state index in [0.29, 0.717) is 11.3 Å². The summed E-state index contributed by atoms with van der Waals surface area (Å²) < 4.78 is 5.60. The number of fused-ring (bicyclic) bond motifs is 2. The zero-order chi connectivity index (χ0) is 21.6. The van der Waals surface area contributed by atoms with Crippen LogP contribution in [0.15, 0.2) is 36.4 Å². The van der Waals surface area contributed by atoms with Gasteiger partial charge in [0.05, 0.1) is 20.8 Å². The summed E-state index contributed by atoms with van der Waals surface area (Å²) in [4.78, 5) is 36.8. The van der Waals surface area contributed by atoms with Gasteiger partial charge in [-0.15, -0.1) is 11.8 Å². The normalized spacial score (nSPS) is 20.9. The molecule has 2 atom stereocenters. The number of ether oxygens (including phenoxy) is 1. The number of carbonyl (C=O) groups excluding carboxylic acids is 3. The second kappa shape index (κ2) is 7.85. The van der Waals surface area contributed by atoms with Gasteiger partial charge in [0.15, 0.2) is 6.10 Å². The molecule has 0 saturated carbocycles. The van der Waals surface area contributed by atoms with Crippen LogP contribution in [0.3, 0.4) is 0 Å². The fourth-order valence-electron chi connectivity index (χ4n) is 3.23. The van der Waals surface area contributed by atoms with Crippen LogP contribution in [-0.2, 0) is 19.3 Å². The molecule has 2 heterocycles. The molecule has 0 aromatic heterocycles. The van der Waals surface area contributed by atoms with Crippen LogP contribution in [-0.4, -0.2) is 34.6 Å². The van der Waals surface area contributed by atoms with E-state index >= 15 is 0 Å². The first kappa shape index (κ1) is 21.1. The molecule has 2 aliphatic heterocycles. The quantitative estimate of drug-likeness (QED) is 0.642. The summed E-state index contributed by atoms with van der Waals surface area (Å²) >= 11 is 19.1. The van der Waals surface area contributed by atoms with Gasteiger partial charge in [0.2, 0.25) is 4.87 Å². The average molecular weight is 487 g/mol. The third kappa shape index (κ3) is 3.37. The van der Waals surface area contributed by atoms with Gasteiger partial charge in [-0.1, -0.05) is 53.0 Å². The Morgan fingerprint density at radius 2 is 1.90 bits per heavy atom. The third-order valence-electron chi connectivity index (χ3n) is 4.69. The predicted octanol–water partition coefficient (Wildman–Crippen LogP) is 3.83. The fraction of sp³-hybridized carbons (Fsp3) is 0.211. The maximum Gasteiger partial charge on any atom is 0.279 e. The molecule has 1 spiro atoms. The number of carbonyl (C=O) groups is 3. The maximum absolute atomic E-state index is 12.8. The van der Waals surface area contributed by atoms with E-state index in [9.17, 15) is 14.4 Å². The Morgan fingerprint density at radius 1 is 1.20 bits per heavy atom. The highest BCUT2D eigenvalue weighted by Gasteiger charge is 2.59. The molecule has 11 heteroatoms. The Bertz CT molecular complexity index is 1080. The van der Waals surface area contributed by atoms with Crippen molar-refractivity contribution in [3.05, 3.63) is 57.0 Å². The minimum Gasteiger partial charge on any atom is -0.479 e. The molecule has 3 amide bonds. The second-order valence-corrected chi connectivity index (χ2v) is 8.98. The zero-order valence-electron chi connectivity index (χ0n) is 15.4. The number of nitrogens with one attached hydrogen (secondary N) is 2. The number of nitrogens with zero attached hydrogens (tertiary/aromatic N) is 1. The fourth-order valence-corrected chi connectivity index (χ4v) is 5.07. The predicted molar refractivity (Wildman–Crippen MR) is 116 cm³/mol. The minimum atomic E-state index is -1.37. The van der Waals surface area contributed by atoms with Crippen LogP contribution in [0.1, 0.15) is 12.5 Å². The lowest BCUT2D eigenvalue weighted by molar-refractivity contribution is -0.148. The van der Waals surface area contributed by atoms with Crippen molar-refractivity contribution in [1.82, 2.24) is 10.4 Å². The smallest absolute Gasteiger partial charge is 0.279 e. The summed E-state index contributed by atoms with van der Waals surface area (Å²) in [7, 11) is 0. The lowest BCUT2D eigenvalue weighted by atomic mass is 10.1. The van der Waals surface area contributed by atoms with Crippen LogP contribution in [0.25, 0.3) is 0 Å². The SMILES string of the molecule is CC(Oc1cc(Cl)c(Cl)cc1Cl)C(=O)NN1C(=O)CSC12C(=O)Nc1ccccc12. The summed E-state index contributed by atoms with van der Waals surface area (Å²) in [6.07, 6.45) is -1.05. The zero-order valence-corrected chi connectivity index (χ0v) is 18.5. The van der Waals surface area contributed by atoms with Crippen molar-refractivity contribution >= 4 is 70.0 Å². The molecule has 156 valence electrons. The number of hydrogen-bond acceptors (Lipinski definition) is 5. The van der Waals surface area contributed by atoms with Gasteiger partial charge in [0.25, 0.3) is 17.7 Å². The first-order valence-corrected chi connectivity index (χ1v) is 10.9. The number of hydrogen-bond donors (Lipinski definition) is 2. The monoisotopic (exact) mass is 485 g/mol. The van der Waals surface area contributed by atoms with Crippen LogP contribution >= 0.6 is 46.6 Å². The van der Waals surface area contributed by atoms with Gasteiger partial charge in [0.1, 0.15) is 5.75 Å². The molecular weight excluding hydrogens is 473 g/mol. The number of para-hydroxylation sites is 1. The highest BCUT2D eigenvalue weighted by Crippen LogP contribution is 2.51. The Kier molecular flexibility index (Phi) is 5.52. The van der Waals surface area contributed by atoms with Crippen LogP contribution in [0, 0.1) is 0 Å². The Hall–Kier alpha value is -2.13. The molecule has 30 heavy (non-hydrogen) atoms. The van der Waals surface area contributed by atoms with Crippen molar-refractivity contribution in [3.63, 3.8) is 0 Å². The number of benzene rings is 2. The molecule has 2 aromatic carbocycles. The molecule has 2 N–H and O–H groups in total. The molecule has 4 rings (SSSR count). The lowest BCUT2D eigenvalue weighted by Crippen LogP contribution is -2.57. The van der Waals surface area contributed by atoms with Crippen molar-refractivity contribution in [1.29, 1.82) is 0 Å². The lowest BCUT2D eigenvalue weighted by Gasteiger charge is -2.32. The summed E-state index contributed by atoms with van der Waals surface area (Å²) in [6.45, 7) is 1.48. The molecule has 2 aliphatic rings. The number of halogens is 3. The van der Waals surface area contributed by atoms with Gasteiger partial charge in [-0.3, -0.25) is 19.8 Å². The summed E-state index contributed by atoms with van der Waals surface area (Å²) in [6, 6.07) is 9.83. The highest BCUT2D eigenvalue weighted by atomic mass is 35.5. The summed E-state index contributed by atoms with van der Waals surface area (Å²) in [5.74, 6) is -1.24. The molecule has 0 aliphatic carbocycles. The first-order chi connectivity index (χ1) is 14.2. The second-order valence-electron chi connectivity index (χ2n) is 6.59. The molecule has 0 radical (unpaired) electrons. The van der Waals surface area contributed by atoms with Crippen molar-refractivity contribution in [2.75, 3.05) is 11.1 Å². The molecule has 7 nitrogen and oxygen atoms in total. The van der Waals surface area contributed by atoms with Crippen LogP contribution < -0.4 is 15.5 Å². The van der Waals surface area contributed by atoms with E-state index in [1.165, 1.54) is 19.1 Å². The van der Waals surface area contributed by atoms with Crippen LogP contribution in [0.5, 0.6) is 5.75 Å². The summed E-state index contributed by atoms with van der Waals surface area (Å²) in [5, 5.41) is 4.47. The Balaban J connectivity index is 1.57. The van der Waals surface area contributed by atoms with Crippen molar-refractivity contribution < 1.29 is 19.1 Å². The Morgan fingerprint density at radius 3 is 2.67 bits per heavy atom. The average Bonchev–Trinajstić information content (AvgIpc) is 3.18. The van der Waals surface area contributed by atoms with E-state index in [0.717, 1.165) is 16.8 Å². The van der Waals surface area contributed by atoms with Crippen LogP contribution in [0.2, 0.25) is 15.1 Å². The molecular formula is C19H14Cl3N3O4S. The van der Waals surface area contributed by atoms with E-state index in [2.05, 4.69) is 10.7 Å². The molecule has 0 bridgehead atoms. The maximum atomic E-state index is 12.8. The number of amides is 3. The van der Waals surface area contributed by atoms with Crippen LogP contribution in [0.4, 0.5) is 5.69 Å². The van der Waals surface area contributed by atoms with Gasteiger partial charge < -0.3 is 10.1 Å². The first-order valence-electron chi connectivity index (χ1n) is 8.73. The van der Waals surface area contributed by atoms with E-state index in [-0.39, 0.29) is 26.6 Å². The number of anilines is 1. The van der Waals surface area contributed by atoms with Gasteiger partial charge in [-0.05, 0) is 19.1 Å². The topological polar surface area (TPSA) is 87.7 Å². The van der Waals surface area contributed by atoms with E-state index in [1.54, 1.807) is 24.3 Å². The summed E-state index contributed by atoms with van der Waals surface area (Å²) in [5.41, 5.74) is 3.73. The van der Waals surface area contributed by atoms with Crippen molar-refractivity contribution in [3.8, 4) is 5.75 Å². The van der Waals surface area contributed by atoms with E-state index in [1.807, 2.05) is 0 Å². The molecule has 1 fully saturated rings. The largest absolute Gasteiger partial charge is 0.479 e. The van der Waals surface area contributed by atoms with E-state index in [4.69, 9.17) is 39.5 Å². The highest BCUT2D eigenvalue weighted by molar-refractivity contribution is 8.02.